The van der Waals surface area contributed by atoms with Crippen LogP contribution in [-0.2, 0) is 9.53 Å². The minimum absolute atomic E-state index is 0.190. The number of hydrogen-bond acceptors (Lipinski definition) is 4. The number of carboxylic acids is 2. The SMILES string of the molecule is CC(C)CCCCCCOC=O.O=C(O)c1ccccc1C(=O)O. The molecule has 0 aliphatic carbocycles. The van der Waals surface area contributed by atoms with Crippen molar-refractivity contribution >= 4 is 18.4 Å². The molecule has 24 heavy (non-hydrogen) atoms. The first-order valence-electron chi connectivity index (χ1n) is 8.01. The summed E-state index contributed by atoms with van der Waals surface area (Å²) in [6, 6.07) is 5.48. The van der Waals surface area contributed by atoms with Crippen molar-refractivity contribution in [3.8, 4) is 0 Å². The first-order valence-corrected chi connectivity index (χ1v) is 8.01. The van der Waals surface area contributed by atoms with Gasteiger partial charge in [0.05, 0.1) is 17.7 Å². The predicted octanol–water partition coefficient (Wildman–Crippen LogP) is 3.85. The second-order valence-corrected chi connectivity index (χ2v) is 5.72. The Morgan fingerprint density at radius 2 is 1.50 bits per heavy atom. The lowest BCUT2D eigenvalue weighted by Crippen LogP contribution is -2.06. The van der Waals surface area contributed by atoms with Crippen LogP contribution in [0.15, 0.2) is 24.3 Å². The second-order valence-electron chi connectivity index (χ2n) is 5.72. The number of hydrogen-bond donors (Lipinski definition) is 2. The maximum atomic E-state index is 10.5. The van der Waals surface area contributed by atoms with Gasteiger partial charge in [-0.15, -0.1) is 0 Å². The molecule has 0 bridgehead atoms. The molecule has 0 aromatic heterocycles. The molecule has 0 aliphatic rings. The van der Waals surface area contributed by atoms with E-state index in [2.05, 4.69) is 18.6 Å². The summed E-state index contributed by atoms with van der Waals surface area (Å²) in [7, 11) is 0. The molecule has 0 heterocycles. The number of aromatic carboxylic acids is 2. The van der Waals surface area contributed by atoms with E-state index in [0.29, 0.717) is 13.1 Å². The Labute approximate surface area is 142 Å². The van der Waals surface area contributed by atoms with Crippen LogP contribution >= 0.6 is 0 Å². The summed E-state index contributed by atoms with van der Waals surface area (Å²) < 4.78 is 4.58. The smallest absolute Gasteiger partial charge is 0.336 e. The molecular weight excluding hydrogens is 312 g/mol. The lowest BCUT2D eigenvalue weighted by molar-refractivity contribution is -0.128. The maximum absolute atomic E-state index is 10.5. The van der Waals surface area contributed by atoms with E-state index < -0.39 is 11.9 Å². The zero-order valence-electron chi connectivity index (χ0n) is 14.2. The van der Waals surface area contributed by atoms with Gasteiger partial charge in [0.15, 0.2) is 0 Å². The van der Waals surface area contributed by atoms with Gasteiger partial charge in [-0.1, -0.05) is 51.7 Å². The normalized spacial score (nSPS) is 9.79. The third kappa shape index (κ3) is 10.4. The van der Waals surface area contributed by atoms with E-state index in [9.17, 15) is 14.4 Å². The van der Waals surface area contributed by atoms with Gasteiger partial charge >= 0.3 is 11.9 Å². The van der Waals surface area contributed by atoms with Crippen molar-refractivity contribution in [2.24, 2.45) is 5.92 Å². The summed E-state index contributed by atoms with van der Waals surface area (Å²) >= 11 is 0. The first kappa shape index (κ1) is 21.6. The third-order valence-corrected chi connectivity index (χ3v) is 3.25. The number of carbonyl (C=O) groups excluding carboxylic acids is 1. The Bertz CT molecular complexity index is 477. The fraction of sp³-hybridized carbons (Fsp3) is 0.500. The van der Waals surface area contributed by atoms with Crippen LogP contribution in [0, 0.1) is 5.92 Å². The summed E-state index contributed by atoms with van der Waals surface area (Å²) in [5.74, 6) is -1.64. The summed E-state index contributed by atoms with van der Waals surface area (Å²) in [5.41, 5.74) is -0.380. The van der Waals surface area contributed by atoms with Crippen molar-refractivity contribution in [2.45, 2.75) is 46.0 Å². The molecule has 0 amide bonds. The largest absolute Gasteiger partial charge is 0.478 e. The zero-order valence-corrected chi connectivity index (χ0v) is 14.2. The summed E-state index contributed by atoms with van der Waals surface area (Å²) in [6.07, 6.45) is 6.07. The Hall–Kier alpha value is -2.37. The molecule has 6 heteroatoms. The first-order chi connectivity index (χ1) is 11.4. The van der Waals surface area contributed by atoms with Crippen molar-refractivity contribution < 1.29 is 29.3 Å². The molecule has 0 radical (unpaired) electrons. The van der Waals surface area contributed by atoms with E-state index in [1.807, 2.05) is 0 Å². The molecule has 0 saturated heterocycles. The third-order valence-electron chi connectivity index (χ3n) is 3.25. The fourth-order valence-corrected chi connectivity index (χ4v) is 2.00. The molecule has 1 aromatic carbocycles. The lowest BCUT2D eigenvalue weighted by atomic mass is 10.0. The van der Waals surface area contributed by atoms with Crippen molar-refractivity contribution in [1.82, 2.24) is 0 Å². The van der Waals surface area contributed by atoms with E-state index in [4.69, 9.17) is 10.2 Å². The van der Waals surface area contributed by atoms with Gasteiger partial charge in [0.25, 0.3) is 6.47 Å². The van der Waals surface area contributed by atoms with Crippen LogP contribution in [0.2, 0.25) is 0 Å². The van der Waals surface area contributed by atoms with Gasteiger partial charge in [0.2, 0.25) is 0 Å². The lowest BCUT2D eigenvalue weighted by Gasteiger charge is -2.03. The quantitative estimate of drug-likeness (QED) is 0.496. The molecule has 0 atom stereocenters. The standard InChI is InChI=1S/C10H20O2.C8H6O4/c1-10(2)7-5-3-4-6-8-12-9-11;9-7(10)5-3-1-2-4-6(5)8(11)12/h9-10H,3-8H2,1-2H3;1-4H,(H,9,10)(H,11,12). The monoisotopic (exact) mass is 338 g/mol. The topological polar surface area (TPSA) is 101 Å². The van der Waals surface area contributed by atoms with Crippen molar-refractivity contribution in [2.75, 3.05) is 6.61 Å². The Balaban J connectivity index is 0.000000441. The minimum atomic E-state index is -1.23. The van der Waals surface area contributed by atoms with E-state index in [1.165, 1.54) is 49.9 Å². The van der Waals surface area contributed by atoms with Crippen LogP contribution in [0.1, 0.15) is 66.7 Å². The molecule has 0 aliphatic heterocycles. The molecule has 1 rings (SSSR count). The van der Waals surface area contributed by atoms with E-state index in [-0.39, 0.29) is 11.1 Å². The number of benzene rings is 1. The van der Waals surface area contributed by atoms with E-state index in [1.54, 1.807) is 0 Å². The maximum Gasteiger partial charge on any atom is 0.336 e. The van der Waals surface area contributed by atoms with Crippen molar-refractivity contribution in [3.05, 3.63) is 35.4 Å². The molecule has 134 valence electrons. The van der Waals surface area contributed by atoms with E-state index >= 15 is 0 Å². The van der Waals surface area contributed by atoms with Crippen LogP contribution in [0.3, 0.4) is 0 Å². The van der Waals surface area contributed by atoms with Crippen LogP contribution in [0.25, 0.3) is 0 Å². The molecule has 0 unspecified atom stereocenters. The molecule has 0 spiro atoms. The number of ether oxygens (including phenoxy) is 1. The average molecular weight is 338 g/mol. The molecule has 1 aromatic rings. The summed E-state index contributed by atoms with van der Waals surface area (Å²) in [4.78, 5) is 30.7. The Morgan fingerprint density at radius 3 is 1.92 bits per heavy atom. The van der Waals surface area contributed by atoms with Crippen LogP contribution < -0.4 is 0 Å². The number of carbonyl (C=O) groups is 3. The number of unbranched alkanes of at least 4 members (excludes halogenated alkanes) is 3. The Morgan fingerprint density at radius 1 is 1.00 bits per heavy atom. The number of rotatable bonds is 10. The van der Waals surface area contributed by atoms with Crippen LogP contribution in [0.4, 0.5) is 0 Å². The molecular formula is C18H26O6. The number of carboxylic acid groups (broad SMARTS) is 2. The average Bonchev–Trinajstić information content (AvgIpc) is 2.54. The highest BCUT2D eigenvalue weighted by molar-refractivity contribution is 6.01. The van der Waals surface area contributed by atoms with Crippen molar-refractivity contribution in [3.63, 3.8) is 0 Å². The highest BCUT2D eigenvalue weighted by atomic mass is 16.5. The van der Waals surface area contributed by atoms with E-state index in [0.717, 1.165) is 12.3 Å². The molecule has 2 N–H and O–H groups in total. The zero-order chi connectivity index (χ0) is 18.4. The summed E-state index contributed by atoms with van der Waals surface area (Å²) in [5, 5.41) is 17.1. The van der Waals surface area contributed by atoms with Gasteiger partial charge in [0, 0.05) is 0 Å². The highest BCUT2D eigenvalue weighted by Gasteiger charge is 2.13. The molecule has 6 nitrogen and oxygen atoms in total. The van der Waals surface area contributed by atoms with Crippen molar-refractivity contribution in [1.29, 1.82) is 0 Å². The molecule has 0 fully saturated rings. The fourth-order valence-electron chi connectivity index (χ4n) is 2.00. The predicted molar refractivity (Wildman–Crippen MR) is 90.3 cm³/mol. The highest BCUT2D eigenvalue weighted by Crippen LogP contribution is 2.09. The van der Waals surface area contributed by atoms with Crippen LogP contribution in [-0.4, -0.2) is 35.2 Å². The minimum Gasteiger partial charge on any atom is -0.478 e. The van der Waals surface area contributed by atoms with Gasteiger partial charge in [-0.3, -0.25) is 4.79 Å². The second kappa shape index (κ2) is 13.1. The van der Waals surface area contributed by atoms with Gasteiger partial charge in [-0.2, -0.15) is 0 Å². The molecule has 0 saturated carbocycles. The van der Waals surface area contributed by atoms with Gasteiger partial charge in [-0.25, -0.2) is 9.59 Å². The summed E-state index contributed by atoms with van der Waals surface area (Å²) in [6.45, 7) is 5.60. The van der Waals surface area contributed by atoms with Gasteiger partial charge in [-0.05, 0) is 24.5 Å². The van der Waals surface area contributed by atoms with Gasteiger partial charge < -0.3 is 14.9 Å². The van der Waals surface area contributed by atoms with Gasteiger partial charge in [0.1, 0.15) is 0 Å². The Kier molecular flexibility index (Phi) is 11.8. The van der Waals surface area contributed by atoms with Crippen LogP contribution in [0.5, 0.6) is 0 Å².